The maximum atomic E-state index is 6.57. The molecule has 1 aromatic heterocycles. The van der Waals surface area contributed by atoms with Gasteiger partial charge in [-0.1, -0.05) is 30.3 Å². The molecule has 114 valence electrons. The summed E-state index contributed by atoms with van der Waals surface area (Å²) in [6, 6.07) is 15.1. The van der Waals surface area contributed by atoms with Crippen molar-refractivity contribution in [3.8, 4) is 5.75 Å². The summed E-state index contributed by atoms with van der Waals surface area (Å²) in [5.74, 6) is 1.40. The minimum atomic E-state index is -0.316. The Kier molecular flexibility index (Phi) is 2.39. The minimum Gasteiger partial charge on any atom is -0.467 e. The van der Waals surface area contributed by atoms with Crippen LogP contribution in [-0.4, -0.2) is 17.8 Å². The van der Waals surface area contributed by atoms with Gasteiger partial charge in [0.1, 0.15) is 5.75 Å². The molecule has 2 aliphatic heterocycles. The highest BCUT2D eigenvalue weighted by Crippen LogP contribution is 2.53. The summed E-state index contributed by atoms with van der Waals surface area (Å²) < 4.78 is 6.57. The van der Waals surface area contributed by atoms with Gasteiger partial charge in [-0.2, -0.15) is 0 Å². The number of para-hydroxylation sites is 1. The number of ether oxygens (including phenoxy) is 1. The summed E-state index contributed by atoms with van der Waals surface area (Å²) in [5.41, 5.74) is 3.64. The van der Waals surface area contributed by atoms with Crippen molar-refractivity contribution in [2.45, 2.75) is 25.0 Å². The number of hydrogen-bond donors (Lipinski definition) is 0. The standard InChI is InChI=1S/C20H18N2O/c1-20-11-17(15-5-3-4-6-18(15)22(20)2)16-8-7-13-12-21-10-9-14(13)19(16)23-20/h3-10,12,17H,11H2,1-2H3. The number of nitrogens with zero attached hydrogens (tertiary/aromatic N) is 2. The molecule has 2 aromatic carbocycles. The zero-order valence-electron chi connectivity index (χ0n) is 13.3. The van der Waals surface area contributed by atoms with Crippen LogP contribution < -0.4 is 9.64 Å². The van der Waals surface area contributed by atoms with E-state index in [1.165, 1.54) is 16.8 Å². The molecule has 0 spiro atoms. The molecule has 2 aliphatic rings. The molecule has 0 amide bonds. The Balaban J connectivity index is 1.84. The van der Waals surface area contributed by atoms with Crippen molar-refractivity contribution in [3.05, 3.63) is 66.0 Å². The number of pyridine rings is 1. The molecule has 0 radical (unpaired) electrons. The highest BCUT2D eigenvalue weighted by Gasteiger charge is 2.46. The van der Waals surface area contributed by atoms with Crippen molar-refractivity contribution < 1.29 is 4.74 Å². The van der Waals surface area contributed by atoms with Crippen LogP contribution in [0.15, 0.2) is 54.9 Å². The summed E-state index contributed by atoms with van der Waals surface area (Å²) >= 11 is 0. The molecule has 0 N–H and O–H groups in total. The van der Waals surface area contributed by atoms with Crippen LogP contribution in [0.25, 0.3) is 10.8 Å². The SMILES string of the molecule is CN1c2ccccc2C2CC1(C)Oc1c2ccc2cnccc12. The average molecular weight is 302 g/mol. The van der Waals surface area contributed by atoms with Gasteiger partial charge in [0.15, 0.2) is 5.72 Å². The molecule has 23 heavy (non-hydrogen) atoms. The van der Waals surface area contributed by atoms with Gasteiger partial charge in [0.2, 0.25) is 0 Å². The summed E-state index contributed by atoms with van der Waals surface area (Å²) in [6.45, 7) is 2.19. The lowest BCUT2D eigenvalue weighted by Crippen LogP contribution is -2.55. The lowest BCUT2D eigenvalue weighted by Gasteiger charge is -2.51. The second-order valence-electron chi connectivity index (χ2n) is 6.73. The maximum absolute atomic E-state index is 6.57. The molecule has 2 unspecified atom stereocenters. The van der Waals surface area contributed by atoms with Crippen LogP contribution in [-0.2, 0) is 0 Å². The van der Waals surface area contributed by atoms with E-state index in [1.807, 2.05) is 12.4 Å². The van der Waals surface area contributed by atoms with Gasteiger partial charge in [0, 0.05) is 53.8 Å². The molecule has 0 aliphatic carbocycles. The molecule has 2 atom stereocenters. The van der Waals surface area contributed by atoms with Crippen LogP contribution in [0.5, 0.6) is 5.75 Å². The van der Waals surface area contributed by atoms with Gasteiger partial charge in [-0.25, -0.2) is 0 Å². The van der Waals surface area contributed by atoms with Crippen molar-refractivity contribution in [1.82, 2.24) is 4.98 Å². The van der Waals surface area contributed by atoms with E-state index in [9.17, 15) is 0 Å². The van der Waals surface area contributed by atoms with Crippen molar-refractivity contribution in [2.75, 3.05) is 11.9 Å². The fraction of sp³-hybridized carbons (Fsp3) is 0.250. The quantitative estimate of drug-likeness (QED) is 0.618. The largest absolute Gasteiger partial charge is 0.467 e. The van der Waals surface area contributed by atoms with Gasteiger partial charge in [0.25, 0.3) is 0 Å². The molecule has 3 aromatic rings. The zero-order valence-corrected chi connectivity index (χ0v) is 13.3. The molecule has 0 fully saturated rings. The van der Waals surface area contributed by atoms with Gasteiger partial charge in [-0.3, -0.25) is 4.98 Å². The molecule has 2 bridgehead atoms. The Morgan fingerprint density at radius 3 is 2.91 bits per heavy atom. The van der Waals surface area contributed by atoms with E-state index in [2.05, 4.69) is 66.3 Å². The van der Waals surface area contributed by atoms with Crippen LogP contribution in [0, 0.1) is 0 Å². The number of fused-ring (bicyclic) bond motifs is 8. The fourth-order valence-electron chi connectivity index (χ4n) is 4.12. The predicted molar refractivity (Wildman–Crippen MR) is 92.1 cm³/mol. The van der Waals surface area contributed by atoms with Gasteiger partial charge in [-0.15, -0.1) is 0 Å². The Hall–Kier alpha value is -2.55. The Labute approximate surface area is 135 Å². The zero-order chi connectivity index (χ0) is 15.6. The minimum absolute atomic E-state index is 0.316. The smallest absolute Gasteiger partial charge is 0.180 e. The summed E-state index contributed by atoms with van der Waals surface area (Å²) in [6.07, 6.45) is 4.73. The second-order valence-corrected chi connectivity index (χ2v) is 6.73. The van der Waals surface area contributed by atoms with Crippen LogP contribution in [0.3, 0.4) is 0 Å². The fourth-order valence-corrected chi connectivity index (χ4v) is 4.12. The van der Waals surface area contributed by atoms with E-state index in [1.54, 1.807) is 0 Å². The third kappa shape index (κ3) is 1.62. The van der Waals surface area contributed by atoms with Crippen molar-refractivity contribution in [1.29, 1.82) is 0 Å². The topological polar surface area (TPSA) is 25.4 Å². The van der Waals surface area contributed by atoms with Crippen LogP contribution in [0.1, 0.15) is 30.4 Å². The highest BCUT2D eigenvalue weighted by molar-refractivity contribution is 5.90. The average Bonchev–Trinajstić information content (AvgIpc) is 2.59. The lowest BCUT2D eigenvalue weighted by molar-refractivity contribution is 0.0548. The highest BCUT2D eigenvalue weighted by atomic mass is 16.5. The van der Waals surface area contributed by atoms with Gasteiger partial charge >= 0.3 is 0 Å². The molecule has 3 nitrogen and oxygen atoms in total. The first-order chi connectivity index (χ1) is 11.2. The lowest BCUT2D eigenvalue weighted by atomic mass is 9.77. The summed E-state index contributed by atoms with van der Waals surface area (Å²) in [7, 11) is 2.13. The Morgan fingerprint density at radius 1 is 1.13 bits per heavy atom. The molecule has 0 saturated heterocycles. The summed E-state index contributed by atoms with van der Waals surface area (Å²) in [4.78, 5) is 6.52. The van der Waals surface area contributed by atoms with E-state index in [4.69, 9.17) is 4.74 Å². The molecule has 0 saturated carbocycles. The third-order valence-corrected chi connectivity index (χ3v) is 5.46. The van der Waals surface area contributed by atoms with Crippen molar-refractivity contribution >= 4 is 16.5 Å². The van der Waals surface area contributed by atoms with Gasteiger partial charge < -0.3 is 9.64 Å². The van der Waals surface area contributed by atoms with Gasteiger partial charge in [-0.05, 0) is 24.6 Å². The van der Waals surface area contributed by atoms with E-state index in [0.717, 1.165) is 22.9 Å². The first-order valence-corrected chi connectivity index (χ1v) is 8.06. The molecular weight excluding hydrogens is 284 g/mol. The van der Waals surface area contributed by atoms with Crippen LogP contribution >= 0.6 is 0 Å². The maximum Gasteiger partial charge on any atom is 0.180 e. The second kappa shape index (κ2) is 4.25. The number of benzene rings is 2. The van der Waals surface area contributed by atoms with E-state index in [-0.39, 0.29) is 5.72 Å². The predicted octanol–water partition coefficient (Wildman–Crippen LogP) is 4.32. The number of hydrogen-bond acceptors (Lipinski definition) is 3. The van der Waals surface area contributed by atoms with Gasteiger partial charge in [0.05, 0.1) is 0 Å². The number of rotatable bonds is 0. The molecule has 5 rings (SSSR count). The monoisotopic (exact) mass is 302 g/mol. The first kappa shape index (κ1) is 12.9. The van der Waals surface area contributed by atoms with E-state index >= 15 is 0 Å². The Bertz CT molecular complexity index is 936. The molecular formula is C20H18N2O. The number of anilines is 1. The van der Waals surface area contributed by atoms with Crippen LogP contribution in [0.2, 0.25) is 0 Å². The first-order valence-electron chi connectivity index (χ1n) is 8.06. The van der Waals surface area contributed by atoms with Crippen molar-refractivity contribution in [3.63, 3.8) is 0 Å². The van der Waals surface area contributed by atoms with E-state index < -0.39 is 0 Å². The van der Waals surface area contributed by atoms with Crippen LogP contribution in [0.4, 0.5) is 5.69 Å². The molecule has 3 heteroatoms. The number of aromatic nitrogens is 1. The third-order valence-electron chi connectivity index (χ3n) is 5.46. The summed E-state index contributed by atoms with van der Waals surface area (Å²) in [5, 5.41) is 2.28. The van der Waals surface area contributed by atoms with E-state index in [0.29, 0.717) is 5.92 Å². The van der Waals surface area contributed by atoms with Crippen molar-refractivity contribution in [2.24, 2.45) is 0 Å². The molecule has 3 heterocycles. The Morgan fingerprint density at radius 2 is 2.00 bits per heavy atom. The normalized spacial score (nSPS) is 24.8.